The average molecular weight is 335 g/mol. The van der Waals surface area contributed by atoms with Crippen LogP contribution < -0.4 is 0 Å². The van der Waals surface area contributed by atoms with E-state index in [0.717, 1.165) is 29.2 Å². The van der Waals surface area contributed by atoms with E-state index in [9.17, 15) is 0 Å². The number of aliphatic imine (C=N–C) groups is 2. The van der Waals surface area contributed by atoms with Crippen molar-refractivity contribution in [2.45, 2.75) is 61.8 Å². The molecule has 0 saturated heterocycles. The summed E-state index contributed by atoms with van der Waals surface area (Å²) in [4.78, 5) is 9.80. The molecule has 2 rings (SSSR count). The predicted molar refractivity (Wildman–Crippen MR) is 111 cm³/mol. The highest BCUT2D eigenvalue weighted by Crippen LogP contribution is 2.27. The van der Waals surface area contributed by atoms with E-state index in [4.69, 9.17) is 9.98 Å². The van der Waals surface area contributed by atoms with Crippen LogP contribution in [0.4, 0.5) is 5.69 Å². The van der Waals surface area contributed by atoms with Crippen LogP contribution in [-0.2, 0) is 0 Å². The Kier molecular flexibility index (Phi) is 5.94. The molecule has 0 fully saturated rings. The van der Waals surface area contributed by atoms with Crippen LogP contribution in [0.1, 0.15) is 57.7 Å². The van der Waals surface area contributed by atoms with Crippen molar-refractivity contribution in [1.29, 1.82) is 0 Å². The SMILES string of the molecule is CC1=CC(C)=C(N=C(C)C(C)=Nc2c(C)cc(C)cc2C)C(C)=CC1. The number of rotatable bonds is 3. The van der Waals surface area contributed by atoms with Crippen molar-refractivity contribution < 1.29 is 0 Å². The summed E-state index contributed by atoms with van der Waals surface area (Å²) in [5.41, 5.74) is 11.6. The van der Waals surface area contributed by atoms with Gasteiger partial charge in [0, 0.05) is 0 Å². The number of aryl methyl sites for hydroxylation is 3. The normalized spacial score (nSPS) is 16.6. The maximum atomic E-state index is 4.92. The fourth-order valence-corrected chi connectivity index (χ4v) is 3.24. The largest absolute Gasteiger partial charge is 0.251 e. The Morgan fingerprint density at radius 2 is 1.40 bits per heavy atom. The molecule has 0 atom stereocenters. The molecule has 0 heterocycles. The third-order valence-electron chi connectivity index (χ3n) is 4.66. The fraction of sp³-hybridized carbons (Fsp3) is 0.391. The van der Waals surface area contributed by atoms with Gasteiger partial charge in [-0.2, -0.15) is 0 Å². The maximum Gasteiger partial charge on any atom is 0.0692 e. The first kappa shape index (κ1) is 19.1. The van der Waals surface area contributed by atoms with E-state index in [2.05, 4.69) is 65.8 Å². The summed E-state index contributed by atoms with van der Waals surface area (Å²) >= 11 is 0. The quantitative estimate of drug-likeness (QED) is 0.547. The number of hydrogen-bond acceptors (Lipinski definition) is 2. The van der Waals surface area contributed by atoms with Crippen LogP contribution in [0.15, 0.2) is 56.7 Å². The minimum Gasteiger partial charge on any atom is -0.251 e. The van der Waals surface area contributed by atoms with Crippen molar-refractivity contribution in [2.75, 3.05) is 0 Å². The molecule has 1 aromatic rings. The maximum absolute atomic E-state index is 4.92. The van der Waals surface area contributed by atoms with Gasteiger partial charge in [0.2, 0.25) is 0 Å². The number of allylic oxidation sites excluding steroid dienone is 5. The van der Waals surface area contributed by atoms with Crippen molar-refractivity contribution in [1.82, 2.24) is 0 Å². The van der Waals surface area contributed by atoms with E-state index < -0.39 is 0 Å². The van der Waals surface area contributed by atoms with Crippen LogP contribution in [0.3, 0.4) is 0 Å². The minimum absolute atomic E-state index is 0.966. The molecule has 1 aliphatic rings. The first-order valence-corrected chi connectivity index (χ1v) is 8.93. The van der Waals surface area contributed by atoms with Crippen molar-refractivity contribution in [3.8, 4) is 0 Å². The van der Waals surface area contributed by atoms with Crippen molar-refractivity contribution in [3.05, 3.63) is 63.4 Å². The molecule has 1 aromatic carbocycles. The highest BCUT2D eigenvalue weighted by molar-refractivity contribution is 6.41. The van der Waals surface area contributed by atoms with Gasteiger partial charge in [0.1, 0.15) is 0 Å². The Hall–Kier alpha value is -2.22. The van der Waals surface area contributed by atoms with Gasteiger partial charge in [0.05, 0.1) is 22.8 Å². The molecule has 0 aromatic heterocycles. The zero-order valence-corrected chi connectivity index (χ0v) is 16.9. The van der Waals surface area contributed by atoms with E-state index in [0.29, 0.717) is 0 Å². The Morgan fingerprint density at radius 3 is 2.00 bits per heavy atom. The molecule has 0 amide bonds. The summed E-state index contributed by atoms with van der Waals surface area (Å²) in [6.07, 6.45) is 5.49. The van der Waals surface area contributed by atoms with Crippen LogP contribution in [0.2, 0.25) is 0 Å². The molecular weight excluding hydrogens is 304 g/mol. The molecule has 0 radical (unpaired) electrons. The van der Waals surface area contributed by atoms with Gasteiger partial charge in [0.25, 0.3) is 0 Å². The van der Waals surface area contributed by atoms with E-state index >= 15 is 0 Å². The molecular formula is C23H30N2. The third kappa shape index (κ3) is 4.66. The zero-order valence-electron chi connectivity index (χ0n) is 16.9. The second-order valence-electron chi connectivity index (χ2n) is 7.26. The van der Waals surface area contributed by atoms with E-state index in [1.54, 1.807) is 0 Å². The summed E-state index contributed by atoms with van der Waals surface area (Å²) in [5.74, 6) is 0. The molecule has 0 saturated carbocycles. The van der Waals surface area contributed by atoms with E-state index in [1.807, 2.05) is 13.8 Å². The lowest BCUT2D eigenvalue weighted by atomic mass is 10.1. The van der Waals surface area contributed by atoms with Crippen molar-refractivity contribution in [2.24, 2.45) is 9.98 Å². The summed E-state index contributed by atoms with van der Waals surface area (Å²) in [7, 11) is 0. The highest BCUT2D eigenvalue weighted by Gasteiger charge is 2.09. The van der Waals surface area contributed by atoms with E-state index in [-0.39, 0.29) is 0 Å². The van der Waals surface area contributed by atoms with Gasteiger partial charge in [-0.3, -0.25) is 9.98 Å². The van der Waals surface area contributed by atoms with Crippen LogP contribution in [0, 0.1) is 20.8 Å². The molecule has 132 valence electrons. The van der Waals surface area contributed by atoms with Gasteiger partial charge in [0.15, 0.2) is 0 Å². The number of hydrogen-bond donors (Lipinski definition) is 0. The number of nitrogens with zero attached hydrogens (tertiary/aromatic N) is 2. The molecule has 0 aliphatic heterocycles. The topological polar surface area (TPSA) is 24.7 Å². The summed E-state index contributed by atoms with van der Waals surface area (Å²) in [6, 6.07) is 4.37. The zero-order chi connectivity index (χ0) is 18.7. The lowest BCUT2D eigenvalue weighted by Gasteiger charge is -2.10. The summed E-state index contributed by atoms with van der Waals surface area (Å²) in [6.45, 7) is 16.9. The minimum atomic E-state index is 0.966. The van der Waals surface area contributed by atoms with Gasteiger partial charge in [-0.05, 0) is 84.1 Å². The average Bonchev–Trinajstić information content (AvgIpc) is 2.63. The predicted octanol–water partition coefficient (Wildman–Crippen LogP) is 6.74. The number of benzene rings is 1. The first-order valence-electron chi connectivity index (χ1n) is 8.93. The Bertz CT molecular complexity index is 820. The van der Waals surface area contributed by atoms with Crippen LogP contribution >= 0.6 is 0 Å². The molecule has 0 spiro atoms. The lowest BCUT2D eigenvalue weighted by molar-refractivity contribution is 1.19. The van der Waals surface area contributed by atoms with Gasteiger partial charge in [-0.1, -0.05) is 35.4 Å². The Morgan fingerprint density at radius 1 is 0.840 bits per heavy atom. The molecule has 25 heavy (non-hydrogen) atoms. The second-order valence-corrected chi connectivity index (χ2v) is 7.26. The Balaban J connectivity index is 2.45. The highest BCUT2D eigenvalue weighted by atomic mass is 14.8. The molecule has 2 heteroatoms. The van der Waals surface area contributed by atoms with Gasteiger partial charge in [-0.25, -0.2) is 0 Å². The summed E-state index contributed by atoms with van der Waals surface area (Å²) < 4.78 is 0. The van der Waals surface area contributed by atoms with Crippen molar-refractivity contribution in [3.63, 3.8) is 0 Å². The molecule has 0 bridgehead atoms. The molecule has 0 unspecified atom stereocenters. The fourth-order valence-electron chi connectivity index (χ4n) is 3.24. The monoisotopic (exact) mass is 334 g/mol. The molecule has 0 N–H and O–H groups in total. The van der Waals surface area contributed by atoms with Crippen molar-refractivity contribution >= 4 is 17.1 Å². The molecule has 1 aliphatic carbocycles. The summed E-state index contributed by atoms with van der Waals surface area (Å²) in [5, 5.41) is 0. The second kappa shape index (κ2) is 7.77. The van der Waals surface area contributed by atoms with Crippen LogP contribution in [0.25, 0.3) is 0 Å². The van der Waals surface area contributed by atoms with Gasteiger partial charge >= 0.3 is 0 Å². The standard InChI is InChI=1S/C23H30N2/c1-14-9-10-16(3)22(17(4)11-14)24-20(7)21(8)25-23-18(5)12-15(2)13-19(23)6/h10-13H,9H2,1-8H3. The third-order valence-corrected chi connectivity index (χ3v) is 4.66. The van der Waals surface area contributed by atoms with E-state index in [1.165, 1.54) is 33.4 Å². The van der Waals surface area contributed by atoms with Crippen LogP contribution in [0.5, 0.6) is 0 Å². The van der Waals surface area contributed by atoms with Crippen LogP contribution in [-0.4, -0.2) is 11.4 Å². The lowest BCUT2D eigenvalue weighted by Crippen LogP contribution is -2.07. The van der Waals surface area contributed by atoms with Gasteiger partial charge in [-0.15, -0.1) is 0 Å². The Labute approximate surface area is 152 Å². The molecule has 2 nitrogen and oxygen atoms in total. The van der Waals surface area contributed by atoms with Gasteiger partial charge < -0.3 is 0 Å². The first-order chi connectivity index (χ1) is 11.7. The smallest absolute Gasteiger partial charge is 0.0692 e.